The summed E-state index contributed by atoms with van der Waals surface area (Å²) in [6.07, 6.45) is 4.59. The molecule has 2 bridgehead atoms. The van der Waals surface area contributed by atoms with Crippen LogP contribution >= 0.6 is 0 Å². The van der Waals surface area contributed by atoms with Gasteiger partial charge in [0, 0.05) is 13.2 Å². The van der Waals surface area contributed by atoms with E-state index in [1.54, 1.807) is 0 Å². The zero-order valence-corrected chi connectivity index (χ0v) is 21.7. The molecule has 3 unspecified atom stereocenters. The number of hydrogen-bond donors (Lipinski definition) is 0. The van der Waals surface area contributed by atoms with Crippen LogP contribution in [0.3, 0.4) is 0 Å². The van der Waals surface area contributed by atoms with E-state index >= 15 is 0 Å². The lowest BCUT2D eigenvalue weighted by Gasteiger charge is -2.46. The molecule has 0 amide bonds. The molecule has 6 heteroatoms. The van der Waals surface area contributed by atoms with Crippen LogP contribution in [-0.2, 0) is 41.6 Å². The molecule has 34 heavy (non-hydrogen) atoms. The lowest BCUT2D eigenvalue weighted by Crippen LogP contribution is -2.62. The zero-order chi connectivity index (χ0) is 24.2. The maximum absolute atomic E-state index is 6.63. The Morgan fingerprint density at radius 1 is 0.853 bits per heavy atom. The quantitative estimate of drug-likeness (QED) is 0.342. The molecule has 5 atom stereocenters. The highest BCUT2D eigenvalue weighted by atomic mass is 16.7. The minimum atomic E-state index is -0.503. The van der Waals surface area contributed by atoms with Gasteiger partial charge in [-0.05, 0) is 29.9 Å². The van der Waals surface area contributed by atoms with Crippen LogP contribution < -0.4 is 0 Å². The number of unbranched alkanes of at least 4 members (excludes halogenated alkanes) is 2. The van der Waals surface area contributed by atoms with Crippen molar-refractivity contribution in [3.8, 4) is 0 Å². The van der Waals surface area contributed by atoms with Crippen LogP contribution in [-0.4, -0.2) is 57.1 Å². The van der Waals surface area contributed by atoms with E-state index in [4.69, 9.17) is 28.4 Å². The molecule has 1 saturated heterocycles. The van der Waals surface area contributed by atoms with E-state index < -0.39 is 6.29 Å². The summed E-state index contributed by atoms with van der Waals surface area (Å²) in [6, 6.07) is 8.30. The molecular formula is C28H46O6. The van der Waals surface area contributed by atoms with Crippen molar-refractivity contribution in [2.24, 2.45) is 5.92 Å². The second kappa shape index (κ2) is 15.2. The maximum Gasteiger partial charge on any atom is 0.186 e. The van der Waals surface area contributed by atoms with E-state index in [1.165, 1.54) is 0 Å². The summed E-state index contributed by atoms with van der Waals surface area (Å²) < 4.78 is 38.5. The minimum absolute atomic E-state index is 0.267. The molecule has 0 aromatic heterocycles. The Labute approximate surface area is 206 Å². The molecule has 0 spiro atoms. The first-order chi connectivity index (χ1) is 16.7. The van der Waals surface area contributed by atoms with Gasteiger partial charge in [-0.25, -0.2) is 0 Å². The van der Waals surface area contributed by atoms with Crippen molar-refractivity contribution in [3.05, 3.63) is 35.4 Å². The van der Waals surface area contributed by atoms with Crippen LogP contribution in [0.15, 0.2) is 24.3 Å². The first kappa shape index (κ1) is 27.6. The summed E-state index contributed by atoms with van der Waals surface area (Å²) in [5.74, 6) is 0.498. The average molecular weight is 479 g/mol. The SMILES string of the molecule is CCCCOC1C2OCc3ccccc3COCC(O[C@H]1OCC(CC)CC)[C@H]2OCCCC. The first-order valence-electron chi connectivity index (χ1n) is 13.5. The van der Waals surface area contributed by atoms with Gasteiger partial charge in [0.05, 0.1) is 26.4 Å². The second-order valence-corrected chi connectivity index (χ2v) is 9.50. The van der Waals surface area contributed by atoms with Crippen LogP contribution in [0.1, 0.15) is 77.3 Å². The number of hydrogen-bond acceptors (Lipinski definition) is 6. The summed E-state index contributed by atoms with van der Waals surface area (Å²) in [5.41, 5.74) is 2.29. The summed E-state index contributed by atoms with van der Waals surface area (Å²) in [5, 5.41) is 0. The molecule has 1 aromatic rings. The van der Waals surface area contributed by atoms with Gasteiger partial charge in [-0.1, -0.05) is 77.6 Å². The number of benzene rings is 1. The molecule has 194 valence electrons. The third-order valence-electron chi connectivity index (χ3n) is 6.95. The predicted octanol–water partition coefficient (Wildman–Crippen LogP) is 5.65. The highest BCUT2D eigenvalue weighted by Crippen LogP contribution is 2.32. The third kappa shape index (κ3) is 7.74. The monoisotopic (exact) mass is 478 g/mol. The van der Waals surface area contributed by atoms with E-state index in [1.807, 2.05) is 12.1 Å². The van der Waals surface area contributed by atoms with Crippen molar-refractivity contribution in [2.75, 3.05) is 26.4 Å². The van der Waals surface area contributed by atoms with Gasteiger partial charge in [0.15, 0.2) is 6.29 Å². The smallest absolute Gasteiger partial charge is 0.186 e. The van der Waals surface area contributed by atoms with Crippen molar-refractivity contribution in [3.63, 3.8) is 0 Å². The van der Waals surface area contributed by atoms with E-state index in [-0.39, 0.29) is 24.4 Å². The Morgan fingerprint density at radius 2 is 1.50 bits per heavy atom. The van der Waals surface area contributed by atoms with Gasteiger partial charge in [0.25, 0.3) is 0 Å². The summed E-state index contributed by atoms with van der Waals surface area (Å²) in [6.45, 7) is 12.2. The van der Waals surface area contributed by atoms with Crippen molar-refractivity contribution < 1.29 is 28.4 Å². The fraction of sp³-hybridized carbons (Fsp3) is 0.786. The van der Waals surface area contributed by atoms with E-state index in [9.17, 15) is 0 Å². The fourth-order valence-electron chi connectivity index (χ4n) is 4.51. The van der Waals surface area contributed by atoms with Crippen LogP contribution in [0.5, 0.6) is 0 Å². The van der Waals surface area contributed by atoms with Gasteiger partial charge in [0.2, 0.25) is 0 Å². The maximum atomic E-state index is 6.63. The molecule has 0 N–H and O–H groups in total. The molecule has 2 heterocycles. The average Bonchev–Trinajstić information content (AvgIpc) is 2.86. The Bertz CT molecular complexity index is 679. The molecule has 2 aliphatic heterocycles. The highest BCUT2D eigenvalue weighted by molar-refractivity contribution is 5.26. The minimum Gasteiger partial charge on any atom is -0.374 e. The van der Waals surface area contributed by atoms with E-state index in [2.05, 4.69) is 39.8 Å². The molecule has 6 nitrogen and oxygen atoms in total. The van der Waals surface area contributed by atoms with Crippen molar-refractivity contribution in [2.45, 2.75) is 110 Å². The van der Waals surface area contributed by atoms with E-state index in [0.29, 0.717) is 45.6 Å². The standard InChI is InChI=1S/C28H46O6/c1-5-9-15-30-25-24-20-29-18-22-13-11-12-14-23(22)19-32-26(25)27(31-16-10-6-2)28(34-24)33-17-21(7-3)8-4/h11-14,21,24-28H,5-10,15-20H2,1-4H3/t24?,25-,26?,27?,28-/m1/s1. The molecule has 0 radical (unpaired) electrons. The van der Waals surface area contributed by atoms with Crippen molar-refractivity contribution in [1.82, 2.24) is 0 Å². The number of fused-ring (bicyclic) bond motifs is 3. The van der Waals surface area contributed by atoms with Gasteiger partial charge in [-0.15, -0.1) is 0 Å². The topological polar surface area (TPSA) is 55.4 Å². The molecular weight excluding hydrogens is 432 g/mol. The molecule has 0 saturated carbocycles. The number of ether oxygens (including phenoxy) is 6. The van der Waals surface area contributed by atoms with E-state index in [0.717, 1.165) is 49.7 Å². The van der Waals surface area contributed by atoms with Gasteiger partial charge in [-0.3, -0.25) is 0 Å². The normalized spacial score (nSPS) is 27.5. The van der Waals surface area contributed by atoms with Gasteiger partial charge in [-0.2, -0.15) is 0 Å². The molecule has 0 aliphatic carbocycles. The summed E-state index contributed by atoms with van der Waals surface area (Å²) >= 11 is 0. The third-order valence-corrected chi connectivity index (χ3v) is 6.95. The molecule has 1 fully saturated rings. The van der Waals surface area contributed by atoms with Gasteiger partial charge in [0.1, 0.15) is 24.4 Å². The molecule has 3 rings (SSSR count). The Kier molecular flexibility index (Phi) is 12.3. The Morgan fingerprint density at radius 3 is 2.15 bits per heavy atom. The lowest BCUT2D eigenvalue weighted by molar-refractivity contribution is -0.327. The lowest BCUT2D eigenvalue weighted by atomic mass is 9.97. The van der Waals surface area contributed by atoms with Gasteiger partial charge < -0.3 is 28.4 Å². The van der Waals surface area contributed by atoms with Gasteiger partial charge >= 0.3 is 0 Å². The molecule has 2 aliphatic rings. The first-order valence-corrected chi connectivity index (χ1v) is 13.5. The Balaban J connectivity index is 1.86. The predicted molar refractivity (Wildman–Crippen MR) is 133 cm³/mol. The van der Waals surface area contributed by atoms with Crippen LogP contribution in [0.25, 0.3) is 0 Å². The second-order valence-electron chi connectivity index (χ2n) is 9.50. The highest BCUT2D eigenvalue weighted by Gasteiger charge is 2.49. The summed E-state index contributed by atoms with van der Waals surface area (Å²) in [4.78, 5) is 0. The van der Waals surface area contributed by atoms with Crippen molar-refractivity contribution in [1.29, 1.82) is 0 Å². The Hall–Kier alpha value is -1.02. The number of rotatable bonds is 13. The zero-order valence-electron chi connectivity index (χ0n) is 21.7. The van der Waals surface area contributed by atoms with Crippen LogP contribution in [0, 0.1) is 5.92 Å². The largest absolute Gasteiger partial charge is 0.374 e. The van der Waals surface area contributed by atoms with Crippen LogP contribution in [0.2, 0.25) is 0 Å². The molecule has 1 aromatic carbocycles. The van der Waals surface area contributed by atoms with Crippen LogP contribution in [0.4, 0.5) is 0 Å². The van der Waals surface area contributed by atoms with Crippen molar-refractivity contribution >= 4 is 0 Å². The fourth-order valence-corrected chi connectivity index (χ4v) is 4.51. The summed E-state index contributed by atoms with van der Waals surface area (Å²) in [7, 11) is 0.